The summed E-state index contributed by atoms with van der Waals surface area (Å²) in [5.74, 6) is 0. The van der Waals surface area contributed by atoms with E-state index in [0.29, 0.717) is 9.75 Å². The molecule has 146 valence electrons. The molecule has 0 aliphatic carbocycles. The molecule has 0 aliphatic rings. The quantitative estimate of drug-likeness (QED) is 0.118. The van der Waals surface area contributed by atoms with Crippen molar-refractivity contribution in [1.82, 2.24) is 0 Å². The van der Waals surface area contributed by atoms with Crippen LogP contribution >= 0.6 is 80.5 Å². The zero-order chi connectivity index (χ0) is 18.6. The van der Waals surface area contributed by atoms with Gasteiger partial charge in [0.05, 0.1) is 0 Å². The van der Waals surface area contributed by atoms with Gasteiger partial charge in [0.2, 0.25) is 0 Å². The average molecular weight is 519 g/mol. The molecule has 0 spiro atoms. The van der Waals surface area contributed by atoms with E-state index in [1.807, 2.05) is 94.8 Å². The van der Waals surface area contributed by atoms with Crippen molar-refractivity contribution in [3.8, 4) is 0 Å². The molecule has 0 saturated heterocycles. The number of hydrogen-bond donors (Lipinski definition) is 0. The van der Waals surface area contributed by atoms with Crippen molar-refractivity contribution in [2.24, 2.45) is 0 Å². The van der Waals surface area contributed by atoms with Crippen LogP contribution in [0.3, 0.4) is 0 Å². The predicted octanol–water partition coefficient (Wildman–Crippen LogP) is 8.60. The summed E-state index contributed by atoms with van der Waals surface area (Å²) in [6.07, 6.45) is 2.36. The summed E-state index contributed by atoms with van der Waals surface area (Å²) in [7, 11) is 15.8. The molecule has 0 radical (unpaired) electrons. The Morgan fingerprint density at radius 2 is 0.917 bits per heavy atom. The highest BCUT2D eigenvalue weighted by Crippen LogP contribution is 2.59. The first-order valence-corrected chi connectivity index (χ1v) is 23.9. The van der Waals surface area contributed by atoms with Crippen molar-refractivity contribution in [2.45, 2.75) is 62.6 Å². The lowest BCUT2D eigenvalue weighted by molar-refractivity contribution is 0.400. The van der Waals surface area contributed by atoms with Crippen LogP contribution in [0.25, 0.3) is 0 Å². The maximum absolute atomic E-state index is 5.74. The fraction of sp³-hybridized carbons (Fsp3) is 1.00. The Kier molecular flexibility index (Phi) is 17.0. The molecule has 12 heteroatoms. The monoisotopic (exact) mass is 518 g/mol. The van der Waals surface area contributed by atoms with Gasteiger partial charge in [0, 0.05) is 24.0 Å². The van der Waals surface area contributed by atoms with Gasteiger partial charge in [-0.3, -0.25) is 0 Å². The van der Waals surface area contributed by atoms with E-state index in [1.54, 1.807) is 0 Å². The average Bonchev–Trinajstić information content (AvgIpc) is 2.56. The van der Waals surface area contributed by atoms with E-state index in [9.17, 15) is 0 Å². The lowest BCUT2D eigenvalue weighted by Gasteiger charge is -2.28. The standard InChI is InChI=1S/C12H30O2S8Si2/c1-9-11(23(5,6)13-3)15-17-19-21-22-20-18-16-12(10-2)24(7,8)14-4/h11-12H,9-10H2,1-8H3. The molecular weight excluding hydrogens is 489 g/mol. The van der Waals surface area contributed by atoms with E-state index in [1.165, 1.54) is 12.8 Å². The van der Waals surface area contributed by atoms with Crippen LogP contribution in [0.4, 0.5) is 0 Å². The summed E-state index contributed by atoms with van der Waals surface area (Å²) in [5.41, 5.74) is 0. The Hall–Kier alpha value is 3.15. The summed E-state index contributed by atoms with van der Waals surface area (Å²) >= 11 is 0. The number of rotatable bonds is 15. The predicted molar refractivity (Wildman–Crippen MR) is 138 cm³/mol. The lowest BCUT2D eigenvalue weighted by Crippen LogP contribution is -2.41. The highest BCUT2D eigenvalue weighted by Gasteiger charge is 2.33. The van der Waals surface area contributed by atoms with Crippen LogP contribution in [0.2, 0.25) is 26.2 Å². The zero-order valence-electron chi connectivity index (χ0n) is 15.7. The zero-order valence-corrected chi connectivity index (χ0v) is 24.2. The van der Waals surface area contributed by atoms with Gasteiger partial charge < -0.3 is 8.85 Å². The van der Waals surface area contributed by atoms with Gasteiger partial charge in [-0.1, -0.05) is 35.4 Å². The highest BCUT2D eigenvalue weighted by molar-refractivity contribution is 9.48. The molecule has 2 nitrogen and oxygen atoms in total. The van der Waals surface area contributed by atoms with Gasteiger partial charge in [-0.2, -0.15) is 0 Å². The Morgan fingerprint density at radius 3 is 1.17 bits per heavy atom. The van der Waals surface area contributed by atoms with Crippen molar-refractivity contribution in [1.29, 1.82) is 0 Å². The molecule has 0 rings (SSSR count). The molecule has 0 amide bonds. The summed E-state index contributed by atoms with van der Waals surface area (Å²) in [6.45, 7) is 13.7. The molecule has 2 unspecified atom stereocenters. The van der Waals surface area contributed by atoms with Gasteiger partial charge in [-0.25, -0.2) is 0 Å². The Morgan fingerprint density at radius 1 is 0.625 bits per heavy atom. The van der Waals surface area contributed by atoms with Crippen molar-refractivity contribution >= 4 is 97.2 Å². The fourth-order valence-electron chi connectivity index (χ4n) is 1.79. The Bertz CT molecular complexity index is 295. The Labute approximate surface area is 181 Å². The minimum atomic E-state index is -1.53. The summed E-state index contributed by atoms with van der Waals surface area (Å²) in [5, 5.41) is 0. The maximum atomic E-state index is 5.74. The normalized spacial score (nSPS) is 15.5. The third-order valence-corrected chi connectivity index (χ3v) is 30.6. The molecule has 0 fully saturated rings. The first-order valence-electron chi connectivity index (χ1n) is 7.67. The SMILES string of the molecule is CCC(SSSSSSSSC(CC)[Si](C)(C)OC)[Si](C)(C)OC. The van der Waals surface area contributed by atoms with Crippen LogP contribution in [0, 0.1) is 0 Å². The fourth-order valence-corrected chi connectivity index (χ4v) is 30.1. The molecule has 0 aromatic carbocycles. The molecule has 0 heterocycles. The molecule has 0 aromatic heterocycles. The molecule has 0 aromatic rings. The maximum Gasteiger partial charge on any atom is 0.199 e. The van der Waals surface area contributed by atoms with E-state index >= 15 is 0 Å². The molecule has 0 aliphatic heterocycles. The van der Waals surface area contributed by atoms with E-state index in [2.05, 4.69) is 40.0 Å². The van der Waals surface area contributed by atoms with Gasteiger partial charge in [-0.15, -0.1) is 0 Å². The highest BCUT2D eigenvalue weighted by atomic mass is 34.0. The number of hydrogen-bond acceptors (Lipinski definition) is 10. The minimum absolute atomic E-state index is 0.648. The van der Waals surface area contributed by atoms with E-state index in [4.69, 9.17) is 8.85 Å². The third kappa shape index (κ3) is 11.2. The lowest BCUT2D eigenvalue weighted by atomic mass is 10.6. The van der Waals surface area contributed by atoms with Crippen molar-refractivity contribution in [3.63, 3.8) is 0 Å². The van der Waals surface area contributed by atoms with Gasteiger partial charge >= 0.3 is 0 Å². The van der Waals surface area contributed by atoms with Gasteiger partial charge in [0.25, 0.3) is 0 Å². The van der Waals surface area contributed by atoms with Gasteiger partial charge in [-0.05, 0) is 98.0 Å². The third-order valence-electron chi connectivity index (χ3n) is 3.79. The second-order valence-corrected chi connectivity index (χ2v) is 28.8. The van der Waals surface area contributed by atoms with E-state index in [-0.39, 0.29) is 0 Å². The first kappa shape index (κ1) is 27.2. The second-order valence-electron chi connectivity index (χ2n) is 6.01. The first-order chi connectivity index (χ1) is 11.2. The van der Waals surface area contributed by atoms with Crippen LogP contribution in [-0.2, 0) is 8.85 Å². The second kappa shape index (κ2) is 15.1. The summed E-state index contributed by atoms with van der Waals surface area (Å²) < 4.78 is 11.5. The molecule has 0 saturated carbocycles. The van der Waals surface area contributed by atoms with Crippen LogP contribution in [-0.4, -0.2) is 40.6 Å². The van der Waals surface area contributed by atoms with Crippen LogP contribution in [0.5, 0.6) is 0 Å². The van der Waals surface area contributed by atoms with E-state index < -0.39 is 16.6 Å². The van der Waals surface area contributed by atoms with Gasteiger partial charge in [0.1, 0.15) is 0 Å². The van der Waals surface area contributed by atoms with Crippen molar-refractivity contribution in [2.75, 3.05) is 14.2 Å². The molecule has 0 N–H and O–H groups in total. The topological polar surface area (TPSA) is 18.5 Å². The summed E-state index contributed by atoms with van der Waals surface area (Å²) in [6, 6.07) is 0. The smallest absolute Gasteiger partial charge is 0.199 e. The molecule has 2 atom stereocenters. The van der Waals surface area contributed by atoms with Crippen molar-refractivity contribution < 1.29 is 8.85 Å². The van der Waals surface area contributed by atoms with Crippen LogP contribution in [0.15, 0.2) is 0 Å². The van der Waals surface area contributed by atoms with Crippen LogP contribution in [0.1, 0.15) is 26.7 Å². The van der Waals surface area contributed by atoms with Crippen molar-refractivity contribution in [3.05, 3.63) is 0 Å². The summed E-state index contributed by atoms with van der Waals surface area (Å²) in [4.78, 5) is 1.30. The minimum Gasteiger partial charge on any atom is -0.419 e. The molecular formula is C12H30O2S8Si2. The van der Waals surface area contributed by atoms with E-state index in [0.717, 1.165) is 0 Å². The largest absolute Gasteiger partial charge is 0.419 e. The Balaban J connectivity index is 3.78. The van der Waals surface area contributed by atoms with Gasteiger partial charge in [0.15, 0.2) is 16.6 Å². The molecule has 24 heavy (non-hydrogen) atoms. The molecule has 0 bridgehead atoms. The van der Waals surface area contributed by atoms with Crippen LogP contribution < -0.4 is 0 Å².